The summed E-state index contributed by atoms with van der Waals surface area (Å²) >= 11 is 5.93. The number of amides is 2. The minimum Gasteiger partial charge on any atom is -0.371 e. The lowest BCUT2D eigenvalue weighted by atomic mass is 10.0. The molecule has 27 heavy (non-hydrogen) atoms. The molecule has 0 saturated carbocycles. The number of rotatable bonds is 6. The molecule has 1 aliphatic heterocycles. The Morgan fingerprint density at radius 3 is 2.48 bits per heavy atom. The normalized spacial score (nSPS) is 14.7. The minimum absolute atomic E-state index is 0.148. The van der Waals surface area contributed by atoms with Crippen LogP contribution in [-0.2, 0) is 9.59 Å². The summed E-state index contributed by atoms with van der Waals surface area (Å²) in [7, 11) is 0. The topological polar surface area (TPSA) is 61.4 Å². The fourth-order valence-corrected chi connectivity index (χ4v) is 3.47. The molecule has 0 aliphatic carbocycles. The van der Waals surface area contributed by atoms with Gasteiger partial charge in [0.1, 0.15) is 0 Å². The van der Waals surface area contributed by atoms with E-state index in [4.69, 9.17) is 11.6 Å². The van der Waals surface area contributed by atoms with Crippen molar-refractivity contribution in [3.8, 4) is 0 Å². The molecule has 142 valence electrons. The molecule has 6 heteroatoms. The van der Waals surface area contributed by atoms with Crippen molar-refractivity contribution in [2.45, 2.75) is 32.2 Å². The number of carbonyl (C=O) groups is 2. The monoisotopic (exact) mass is 385 g/mol. The smallest absolute Gasteiger partial charge is 0.226 e. The minimum atomic E-state index is -0.401. The molecule has 1 unspecified atom stereocenters. The lowest BCUT2D eigenvalue weighted by Crippen LogP contribution is -2.29. The molecule has 2 N–H and O–H groups in total. The lowest BCUT2D eigenvalue weighted by Gasteiger charge is -2.20. The third-order valence-electron chi connectivity index (χ3n) is 4.64. The van der Waals surface area contributed by atoms with Gasteiger partial charge in [-0.3, -0.25) is 9.59 Å². The third-order valence-corrected chi connectivity index (χ3v) is 4.89. The van der Waals surface area contributed by atoms with Gasteiger partial charge in [0.05, 0.1) is 12.5 Å². The summed E-state index contributed by atoms with van der Waals surface area (Å²) in [6.45, 7) is 3.55. The maximum Gasteiger partial charge on any atom is 0.226 e. The van der Waals surface area contributed by atoms with Gasteiger partial charge in [-0.25, -0.2) is 0 Å². The first kappa shape index (κ1) is 19.2. The van der Waals surface area contributed by atoms with Crippen LogP contribution in [-0.4, -0.2) is 24.9 Å². The molecule has 0 spiro atoms. The van der Waals surface area contributed by atoms with Crippen molar-refractivity contribution >= 4 is 34.8 Å². The van der Waals surface area contributed by atoms with Crippen LogP contribution < -0.4 is 15.5 Å². The quantitative estimate of drug-likeness (QED) is 0.785. The second-order valence-corrected chi connectivity index (χ2v) is 7.24. The second kappa shape index (κ2) is 8.91. The maximum absolute atomic E-state index is 12.6. The number of nitrogens with one attached hydrogen (secondary N) is 2. The highest BCUT2D eigenvalue weighted by Gasteiger charge is 2.18. The number of carbonyl (C=O) groups excluding carboxylic acids is 2. The van der Waals surface area contributed by atoms with Crippen LogP contribution in [0.4, 0.5) is 11.4 Å². The lowest BCUT2D eigenvalue weighted by molar-refractivity contribution is -0.120. The molecule has 1 heterocycles. The molecule has 1 aliphatic rings. The van der Waals surface area contributed by atoms with E-state index in [2.05, 4.69) is 21.6 Å². The predicted molar refractivity (Wildman–Crippen MR) is 109 cm³/mol. The summed E-state index contributed by atoms with van der Waals surface area (Å²) < 4.78 is 0. The zero-order valence-corrected chi connectivity index (χ0v) is 16.1. The number of nitrogens with zero attached hydrogens (tertiary/aromatic N) is 1. The Morgan fingerprint density at radius 1 is 1.11 bits per heavy atom. The summed E-state index contributed by atoms with van der Waals surface area (Å²) in [4.78, 5) is 26.4. The SMILES string of the molecule is CC(=O)NC(CC(=O)Nc1cccc(N2CCCC2)c1)c1ccc(Cl)cc1. The first-order valence-electron chi connectivity index (χ1n) is 9.19. The molecule has 5 nitrogen and oxygen atoms in total. The van der Waals surface area contributed by atoms with Crippen LogP contribution in [0.1, 0.15) is 37.8 Å². The molecular weight excluding hydrogens is 362 g/mol. The number of hydrogen-bond acceptors (Lipinski definition) is 3. The van der Waals surface area contributed by atoms with Gasteiger partial charge in [0.15, 0.2) is 0 Å². The molecule has 0 aromatic heterocycles. The van der Waals surface area contributed by atoms with Crippen molar-refractivity contribution in [2.24, 2.45) is 0 Å². The van der Waals surface area contributed by atoms with Crippen molar-refractivity contribution in [1.82, 2.24) is 5.32 Å². The van der Waals surface area contributed by atoms with E-state index in [0.29, 0.717) is 5.02 Å². The van der Waals surface area contributed by atoms with Gasteiger partial charge in [-0.2, -0.15) is 0 Å². The maximum atomic E-state index is 12.6. The Kier molecular flexibility index (Phi) is 6.35. The number of benzene rings is 2. The Bertz CT molecular complexity index is 801. The zero-order chi connectivity index (χ0) is 19.2. The average Bonchev–Trinajstić information content (AvgIpc) is 3.16. The van der Waals surface area contributed by atoms with Gasteiger partial charge >= 0.3 is 0 Å². The van der Waals surface area contributed by atoms with Gasteiger partial charge in [0.2, 0.25) is 11.8 Å². The summed E-state index contributed by atoms with van der Waals surface area (Å²) in [5.74, 6) is -0.332. The molecule has 2 aromatic rings. The number of hydrogen-bond donors (Lipinski definition) is 2. The van der Waals surface area contributed by atoms with Crippen LogP contribution in [0.25, 0.3) is 0 Å². The summed E-state index contributed by atoms with van der Waals surface area (Å²) in [5.41, 5.74) is 2.74. The van der Waals surface area contributed by atoms with Crippen molar-refractivity contribution in [1.29, 1.82) is 0 Å². The van der Waals surface area contributed by atoms with E-state index in [1.54, 1.807) is 12.1 Å². The van der Waals surface area contributed by atoms with E-state index in [0.717, 1.165) is 30.0 Å². The van der Waals surface area contributed by atoms with Gasteiger partial charge in [-0.05, 0) is 48.7 Å². The van der Waals surface area contributed by atoms with Crippen LogP contribution in [0.5, 0.6) is 0 Å². The van der Waals surface area contributed by atoms with Crippen molar-refractivity contribution in [3.63, 3.8) is 0 Å². The number of anilines is 2. The molecule has 3 rings (SSSR count). The summed E-state index contributed by atoms with van der Waals surface area (Å²) in [6.07, 6.45) is 2.56. The van der Waals surface area contributed by atoms with E-state index >= 15 is 0 Å². The molecule has 1 atom stereocenters. The van der Waals surface area contributed by atoms with Crippen LogP contribution >= 0.6 is 11.6 Å². The van der Waals surface area contributed by atoms with Gasteiger partial charge in [-0.15, -0.1) is 0 Å². The summed E-state index contributed by atoms with van der Waals surface area (Å²) in [6, 6.07) is 14.6. The molecule has 2 amide bonds. The third kappa shape index (κ3) is 5.47. The molecule has 0 radical (unpaired) electrons. The zero-order valence-electron chi connectivity index (χ0n) is 15.4. The molecular formula is C21H24ClN3O2. The highest BCUT2D eigenvalue weighted by atomic mass is 35.5. The van der Waals surface area contributed by atoms with Crippen molar-refractivity contribution in [2.75, 3.05) is 23.3 Å². The van der Waals surface area contributed by atoms with E-state index < -0.39 is 6.04 Å². The Morgan fingerprint density at radius 2 is 1.81 bits per heavy atom. The standard InChI is InChI=1S/C21H24ClN3O2/c1-15(26)23-20(16-7-9-17(22)10-8-16)14-21(27)24-18-5-4-6-19(13-18)25-11-2-3-12-25/h4-10,13,20H,2-3,11-12,14H2,1H3,(H,23,26)(H,24,27). The molecule has 0 bridgehead atoms. The van der Waals surface area contributed by atoms with E-state index in [1.807, 2.05) is 30.3 Å². The Labute approximate surface area is 164 Å². The molecule has 1 saturated heterocycles. The van der Waals surface area contributed by atoms with Crippen LogP contribution in [0, 0.1) is 0 Å². The molecule has 2 aromatic carbocycles. The Balaban J connectivity index is 1.67. The highest BCUT2D eigenvalue weighted by molar-refractivity contribution is 6.30. The fourth-order valence-electron chi connectivity index (χ4n) is 3.35. The van der Waals surface area contributed by atoms with Crippen LogP contribution in [0.3, 0.4) is 0 Å². The van der Waals surface area contributed by atoms with E-state index in [1.165, 1.54) is 19.8 Å². The average molecular weight is 386 g/mol. The molecule has 1 fully saturated rings. The number of halogens is 1. The predicted octanol–water partition coefficient (Wildman–Crippen LogP) is 4.15. The summed E-state index contributed by atoms with van der Waals surface area (Å²) in [5, 5.41) is 6.40. The Hall–Kier alpha value is -2.53. The van der Waals surface area contributed by atoms with Crippen molar-refractivity contribution < 1.29 is 9.59 Å². The largest absolute Gasteiger partial charge is 0.371 e. The highest BCUT2D eigenvalue weighted by Crippen LogP contribution is 2.24. The second-order valence-electron chi connectivity index (χ2n) is 6.80. The van der Waals surface area contributed by atoms with Gasteiger partial charge in [0.25, 0.3) is 0 Å². The van der Waals surface area contributed by atoms with Gasteiger partial charge < -0.3 is 15.5 Å². The van der Waals surface area contributed by atoms with Crippen LogP contribution in [0.2, 0.25) is 5.02 Å². The fraction of sp³-hybridized carbons (Fsp3) is 0.333. The van der Waals surface area contributed by atoms with E-state index in [-0.39, 0.29) is 18.2 Å². The first-order chi connectivity index (χ1) is 13.0. The van der Waals surface area contributed by atoms with E-state index in [9.17, 15) is 9.59 Å². The van der Waals surface area contributed by atoms with Gasteiger partial charge in [-0.1, -0.05) is 29.8 Å². The van der Waals surface area contributed by atoms with Crippen molar-refractivity contribution in [3.05, 3.63) is 59.1 Å². The van der Waals surface area contributed by atoms with Crippen LogP contribution in [0.15, 0.2) is 48.5 Å². The first-order valence-corrected chi connectivity index (χ1v) is 9.56. The van der Waals surface area contributed by atoms with Gasteiger partial charge in [0, 0.05) is 36.4 Å².